The molecule has 0 aromatic heterocycles. The summed E-state index contributed by atoms with van der Waals surface area (Å²) in [7, 11) is 1.71. The summed E-state index contributed by atoms with van der Waals surface area (Å²) in [6.45, 7) is 8.52. The van der Waals surface area contributed by atoms with Gasteiger partial charge in [-0.05, 0) is 38.3 Å². The van der Waals surface area contributed by atoms with Crippen molar-refractivity contribution in [2.75, 3.05) is 20.2 Å². The molecule has 5 nitrogen and oxygen atoms in total. The van der Waals surface area contributed by atoms with E-state index in [1.54, 1.807) is 12.0 Å². The first-order valence-electron chi connectivity index (χ1n) is 8.16. The molecule has 1 fully saturated rings. The van der Waals surface area contributed by atoms with Crippen molar-refractivity contribution in [3.05, 3.63) is 35.4 Å². The largest absolute Gasteiger partial charge is 0.444 e. The molecule has 0 radical (unpaired) electrons. The Hall–Kier alpha value is -1.59. The lowest BCUT2D eigenvalue weighted by Crippen LogP contribution is -2.38. The second kappa shape index (κ2) is 7.79. The van der Waals surface area contributed by atoms with E-state index in [9.17, 15) is 4.79 Å². The number of hydrogen-bond acceptors (Lipinski definition) is 4. The fourth-order valence-electron chi connectivity index (χ4n) is 2.70. The topological polar surface area (TPSA) is 50.8 Å². The molecule has 2 rings (SSSR count). The van der Waals surface area contributed by atoms with Crippen LogP contribution in [0.2, 0.25) is 0 Å². The number of amides is 1. The fourth-order valence-corrected chi connectivity index (χ4v) is 2.70. The molecule has 23 heavy (non-hydrogen) atoms. The fraction of sp³-hybridized carbons (Fsp3) is 0.611. The lowest BCUT2D eigenvalue weighted by atomic mass is 10.1. The molecule has 0 spiro atoms. The van der Waals surface area contributed by atoms with E-state index in [4.69, 9.17) is 9.47 Å². The molecular formula is C18H28N2O3. The minimum Gasteiger partial charge on any atom is -0.444 e. The Balaban J connectivity index is 1.83. The van der Waals surface area contributed by atoms with E-state index in [0.29, 0.717) is 19.2 Å². The van der Waals surface area contributed by atoms with Crippen molar-refractivity contribution in [3.8, 4) is 0 Å². The van der Waals surface area contributed by atoms with Crippen LogP contribution in [0.5, 0.6) is 0 Å². The molecule has 1 saturated heterocycles. The van der Waals surface area contributed by atoms with Gasteiger partial charge in [0.25, 0.3) is 0 Å². The highest BCUT2D eigenvalue weighted by molar-refractivity contribution is 5.68. The van der Waals surface area contributed by atoms with Crippen molar-refractivity contribution in [1.29, 1.82) is 0 Å². The molecule has 0 bridgehead atoms. The summed E-state index contributed by atoms with van der Waals surface area (Å²) in [5.74, 6) is 0. The van der Waals surface area contributed by atoms with Crippen LogP contribution in [0.15, 0.2) is 24.3 Å². The van der Waals surface area contributed by atoms with Crippen molar-refractivity contribution in [3.63, 3.8) is 0 Å². The molecule has 1 aliphatic rings. The monoisotopic (exact) mass is 320 g/mol. The summed E-state index contributed by atoms with van der Waals surface area (Å²) in [5.41, 5.74) is 2.00. The van der Waals surface area contributed by atoms with Crippen LogP contribution < -0.4 is 5.32 Å². The van der Waals surface area contributed by atoms with Crippen LogP contribution in [0, 0.1) is 0 Å². The zero-order valence-electron chi connectivity index (χ0n) is 14.6. The van der Waals surface area contributed by atoms with Gasteiger partial charge in [-0.2, -0.15) is 0 Å². The predicted octanol–water partition coefficient (Wildman–Crippen LogP) is 2.93. The Morgan fingerprint density at radius 3 is 2.65 bits per heavy atom. The van der Waals surface area contributed by atoms with Crippen LogP contribution in [0.4, 0.5) is 4.79 Å². The molecule has 1 unspecified atom stereocenters. The molecule has 1 aromatic carbocycles. The summed E-state index contributed by atoms with van der Waals surface area (Å²) in [5, 5.41) is 3.54. The highest BCUT2D eigenvalue weighted by Crippen LogP contribution is 2.16. The van der Waals surface area contributed by atoms with Crippen LogP contribution in [0.1, 0.15) is 38.3 Å². The van der Waals surface area contributed by atoms with E-state index in [0.717, 1.165) is 19.5 Å². The van der Waals surface area contributed by atoms with E-state index >= 15 is 0 Å². The summed E-state index contributed by atoms with van der Waals surface area (Å²) in [6, 6.07) is 8.57. The number of benzene rings is 1. The molecular weight excluding hydrogens is 292 g/mol. The van der Waals surface area contributed by atoms with Crippen LogP contribution in [-0.4, -0.2) is 42.8 Å². The number of nitrogens with zero attached hydrogens (tertiary/aromatic N) is 1. The molecule has 1 heterocycles. The molecule has 0 saturated carbocycles. The number of likely N-dealkylation sites (tertiary alicyclic amines) is 1. The highest BCUT2D eigenvalue weighted by atomic mass is 16.6. The van der Waals surface area contributed by atoms with Gasteiger partial charge in [0.05, 0.1) is 6.61 Å². The second-order valence-electron chi connectivity index (χ2n) is 6.99. The van der Waals surface area contributed by atoms with Gasteiger partial charge in [-0.25, -0.2) is 4.79 Å². The van der Waals surface area contributed by atoms with E-state index in [2.05, 4.69) is 17.4 Å². The van der Waals surface area contributed by atoms with Gasteiger partial charge in [0.15, 0.2) is 0 Å². The highest BCUT2D eigenvalue weighted by Gasteiger charge is 2.29. The third-order valence-corrected chi connectivity index (χ3v) is 3.84. The Labute approximate surface area is 139 Å². The lowest BCUT2D eigenvalue weighted by molar-refractivity contribution is 0.0291. The van der Waals surface area contributed by atoms with Gasteiger partial charge < -0.3 is 19.7 Å². The maximum Gasteiger partial charge on any atom is 0.410 e. The standard InChI is InChI=1S/C18H28N2O3/c1-18(2,3)23-17(21)20-10-9-16(12-20)19-11-14-7-5-6-8-15(14)13-22-4/h5-8,16,19H,9-13H2,1-4H3. The smallest absolute Gasteiger partial charge is 0.410 e. The molecule has 0 aliphatic carbocycles. The number of methoxy groups -OCH3 is 1. The first kappa shape index (κ1) is 17.8. The van der Waals surface area contributed by atoms with Gasteiger partial charge in [0.1, 0.15) is 5.60 Å². The molecule has 1 N–H and O–H groups in total. The zero-order chi connectivity index (χ0) is 16.9. The van der Waals surface area contributed by atoms with E-state index < -0.39 is 5.60 Å². The van der Waals surface area contributed by atoms with Crippen molar-refractivity contribution >= 4 is 6.09 Å². The maximum atomic E-state index is 12.1. The number of rotatable bonds is 5. The van der Waals surface area contributed by atoms with Crippen molar-refractivity contribution < 1.29 is 14.3 Å². The molecule has 5 heteroatoms. The Morgan fingerprint density at radius 2 is 2.00 bits per heavy atom. The van der Waals surface area contributed by atoms with Gasteiger partial charge in [0, 0.05) is 32.8 Å². The Kier molecular flexibility index (Phi) is 6.02. The van der Waals surface area contributed by atoms with Crippen LogP contribution in [0.25, 0.3) is 0 Å². The average molecular weight is 320 g/mol. The van der Waals surface area contributed by atoms with Gasteiger partial charge in [-0.3, -0.25) is 0 Å². The van der Waals surface area contributed by atoms with Crippen molar-refractivity contribution in [2.45, 2.75) is 52.0 Å². The van der Waals surface area contributed by atoms with Crippen LogP contribution in [-0.2, 0) is 22.6 Å². The van der Waals surface area contributed by atoms with Crippen molar-refractivity contribution in [2.24, 2.45) is 0 Å². The Bertz CT molecular complexity index is 525. The van der Waals surface area contributed by atoms with Crippen LogP contribution >= 0.6 is 0 Å². The van der Waals surface area contributed by atoms with Crippen molar-refractivity contribution in [1.82, 2.24) is 10.2 Å². The zero-order valence-corrected chi connectivity index (χ0v) is 14.6. The number of nitrogens with one attached hydrogen (secondary N) is 1. The molecule has 1 aliphatic heterocycles. The molecule has 1 amide bonds. The lowest BCUT2D eigenvalue weighted by Gasteiger charge is -2.24. The second-order valence-corrected chi connectivity index (χ2v) is 6.99. The average Bonchev–Trinajstić information content (AvgIpc) is 2.94. The normalized spacial score (nSPS) is 18.3. The number of carbonyl (C=O) groups is 1. The summed E-state index contributed by atoms with van der Waals surface area (Å²) in [6.07, 6.45) is 0.729. The molecule has 128 valence electrons. The molecule has 1 aromatic rings. The maximum absolute atomic E-state index is 12.1. The first-order chi connectivity index (χ1) is 10.9. The third-order valence-electron chi connectivity index (χ3n) is 3.84. The van der Waals surface area contributed by atoms with Crippen LogP contribution in [0.3, 0.4) is 0 Å². The molecule has 1 atom stereocenters. The predicted molar refractivity (Wildman–Crippen MR) is 90.2 cm³/mol. The van der Waals surface area contributed by atoms with E-state index in [1.807, 2.05) is 32.9 Å². The van der Waals surface area contributed by atoms with Gasteiger partial charge in [-0.15, -0.1) is 0 Å². The van der Waals surface area contributed by atoms with Gasteiger partial charge in [-0.1, -0.05) is 24.3 Å². The Morgan fingerprint density at radius 1 is 1.30 bits per heavy atom. The third kappa shape index (κ3) is 5.52. The quantitative estimate of drug-likeness (QED) is 0.906. The van der Waals surface area contributed by atoms with Gasteiger partial charge in [0.2, 0.25) is 0 Å². The summed E-state index contributed by atoms with van der Waals surface area (Å²) in [4.78, 5) is 13.9. The number of hydrogen-bond donors (Lipinski definition) is 1. The summed E-state index contributed by atoms with van der Waals surface area (Å²) < 4.78 is 10.7. The van der Waals surface area contributed by atoms with E-state index in [1.165, 1.54) is 11.1 Å². The summed E-state index contributed by atoms with van der Waals surface area (Å²) >= 11 is 0. The number of carbonyl (C=O) groups excluding carboxylic acids is 1. The number of ether oxygens (including phenoxy) is 2. The first-order valence-corrected chi connectivity index (χ1v) is 8.16. The minimum absolute atomic E-state index is 0.221. The van der Waals surface area contributed by atoms with E-state index in [-0.39, 0.29) is 6.09 Å². The van der Waals surface area contributed by atoms with Gasteiger partial charge >= 0.3 is 6.09 Å². The minimum atomic E-state index is -0.443. The SMILES string of the molecule is COCc1ccccc1CNC1CCN(C(=O)OC(C)(C)C)C1.